The van der Waals surface area contributed by atoms with E-state index in [1.54, 1.807) is 4.68 Å². The molecule has 1 saturated carbocycles. The number of carbonyl (C=O) groups is 2. The van der Waals surface area contributed by atoms with Crippen LogP contribution >= 0.6 is 0 Å². The van der Waals surface area contributed by atoms with Gasteiger partial charge in [-0.25, -0.2) is 4.79 Å². The minimum absolute atomic E-state index is 0.0278. The highest BCUT2D eigenvalue weighted by molar-refractivity contribution is 6.00. The Balaban J connectivity index is 1.38. The number of nitrogens with one attached hydrogen (secondary N) is 3. The molecule has 1 saturated heterocycles. The second-order valence-electron chi connectivity index (χ2n) is 11.0. The number of hydrogen-bond acceptors (Lipinski definition) is 6. The van der Waals surface area contributed by atoms with Gasteiger partial charge in [-0.15, -0.1) is 0 Å². The first kappa shape index (κ1) is 30.6. The number of anilines is 3. The maximum Gasteiger partial charge on any atom is 0.416 e. The number of urea groups is 1. The van der Waals surface area contributed by atoms with Gasteiger partial charge in [-0.3, -0.25) is 19.5 Å². The summed E-state index contributed by atoms with van der Waals surface area (Å²) in [5, 5.41) is 10.4. The van der Waals surface area contributed by atoms with Gasteiger partial charge in [-0.05, 0) is 81.7 Å². The molecule has 226 valence electrons. The molecular formula is C26H35F5N7O3+. The molecule has 0 bridgehead atoms. The number of nitrogens with zero attached hydrogens (tertiary/aromatic N) is 4. The third kappa shape index (κ3) is 8.58. The molecule has 2 heterocycles. The molecule has 0 spiro atoms. The van der Waals surface area contributed by atoms with E-state index in [-0.39, 0.29) is 17.6 Å². The van der Waals surface area contributed by atoms with Gasteiger partial charge in [-0.1, -0.05) is 0 Å². The monoisotopic (exact) mass is 588 g/mol. The van der Waals surface area contributed by atoms with Gasteiger partial charge in [0.2, 0.25) is 5.27 Å². The highest BCUT2D eigenvalue weighted by Crippen LogP contribution is 2.34. The fourth-order valence-corrected chi connectivity index (χ4v) is 5.32. The second-order valence-corrected chi connectivity index (χ2v) is 11.0. The maximum atomic E-state index is 14.5. The van der Waals surface area contributed by atoms with Crippen molar-refractivity contribution in [3.05, 3.63) is 30.0 Å². The van der Waals surface area contributed by atoms with Gasteiger partial charge in [0.05, 0.1) is 12.1 Å². The molecule has 3 N–H and O–H groups in total. The number of amides is 3. The molecule has 0 radical (unpaired) electrons. The van der Waals surface area contributed by atoms with Crippen molar-refractivity contribution in [3.63, 3.8) is 0 Å². The van der Waals surface area contributed by atoms with Crippen molar-refractivity contribution in [1.29, 1.82) is 0 Å². The maximum absolute atomic E-state index is 14.5. The highest BCUT2D eigenvalue weighted by atomic mass is 19.4. The standard InChI is InChI=1S/C26H34F5N7O3/c1-36(2)14-17-5-7-21(8-6-17)38-15-22(41-35-38)34-24(40)33-20-12-18(26(29,30)31)11-19(13-20)32-23(39)25(27,28)16-37-9-3-4-10-37/h11-13,15,17,21H,3-10,14,16H2,1-2H3,(H2-,32,33,34,35,39,40)/p+1. The van der Waals surface area contributed by atoms with Crippen LogP contribution in [0.5, 0.6) is 0 Å². The van der Waals surface area contributed by atoms with Gasteiger partial charge in [-0.2, -0.15) is 22.0 Å². The second kappa shape index (κ2) is 12.7. The normalized spacial score (nSPS) is 20.3. The molecule has 2 fully saturated rings. The predicted octanol–water partition coefficient (Wildman–Crippen LogP) is 4.59. The van der Waals surface area contributed by atoms with Crippen molar-refractivity contribution in [2.45, 2.75) is 56.7 Å². The van der Waals surface area contributed by atoms with Crippen molar-refractivity contribution in [2.24, 2.45) is 5.92 Å². The lowest BCUT2D eigenvalue weighted by Crippen LogP contribution is -2.44. The van der Waals surface area contributed by atoms with Crippen LogP contribution in [-0.2, 0) is 11.0 Å². The van der Waals surface area contributed by atoms with Crippen LogP contribution in [0.15, 0.2) is 28.9 Å². The van der Waals surface area contributed by atoms with Crippen LogP contribution in [0.1, 0.15) is 50.1 Å². The number of alkyl halides is 5. The summed E-state index contributed by atoms with van der Waals surface area (Å²) in [5.74, 6) is -4.99. The van der Waals surface area contributed by atoms with E-state index >= 15 is 0 Å². The number of likely N-dealkylation sites (tertiary alicyclic amines) is 1. The van der Waals surface area contributed by atoms with Crippen LogP contribution in [0.2, 0.25) is 0 Å². The summed E-state index contributed by atoms with van der Waals surface area (Å²) in [5.41, 5.74) is -2.15. The molecule has 1 aromatic carbocycles. The SMILES string of the molecule is CN(C)CC1CCC([n+]2cc(NC(=O)Nc3cc(NC(=O)C(F)(F)CN4CCCC4)cc(C(F)(F)F)c3)on2)CC1. The summed E-state index contributed by atoms with van der Waals surface area (Å²) in [4.78, 5) is 28.4. The molecule has 0 unspecified atom stereocenters. The van der Waals surface area contributed by atoms with E-state index in [1.165, 1.54) is 11.1 Å². The molecule has 4 rings (SSSR count). The molecule has 0 atom stereocenters. The van der Waals surface area contributed by atoms with E-state index in [9.17, 15) is 31.5 Å². The Labute approximate surface area is 234 Å². The predicted molar refractivity (Wildman–Crippen MR) is 140 cm³/mol. The quantitative estimate of drug-likeness (QED) is 0.293. The van der Waals surface area contributed by atoms with E-state index in [0.29, 0.717) is 31.1 Å². The van der Waals surface area contributed by atoms with Crippen LogP contribution < -0.4 is 20.6 Å². The molecule has 1 aliphatic heterocycles. The topological polar surface area (TPSA) is 107 Å². The Morgan fingerprint density at radius 3 is 2.24 bits per heavy atom. The largest absolute Gasteiger partial charge is 0.416 e. The van der Waals surface area contributed by atoms with Crippen LogP contribution in [-0.4, -0.2) is 73.2 Å². The summed E-state index contributed by atoms with van der Waals surface area (Å²) < 4.78 is 76.3. The zero-order valence-electron chi connectivity index (χ0n) is 22.9. The van der Waals surface area contributed by atoms with Crippen molar-refractivity contribution >= 4 is 29.2 Å². The first-order chi connectivity index (χ1) is 19.3. The number of benzene rings is 1. The van der Waals surface area contributed by atoms with Gasteiger partial charge in [0, 0.05) is 30.8 Å². The van der Waals surface area contributed by atoms with Gasteiger partial charge >= 0.3 is 24.0 Å². The summed E-state index contributed by atoms with van der Waals surface area (Å²) in [6, 6.07) is 1.27. The van der Waals surface area contributed by atoms with E-state index in [1.807, 2.05) is 19.4 Å². The Kier molecular flexibility index (Phi) is 9.47. The van der Waals surface area contributed by atoms with Gasteiger partial charge in [0.25, 0.3) is 12.1 Å². The van der Waals surface area contributed by atoms with Gasteiger partial charge < -0.3 is 15.5 Å². The molecule has 3 amide bonds. The zero-order chi connectivity index (χ0) is 29.8. The number of rotatable bonds is 9. The molecule has 10 nitrogen and oxygen atoms in total. The van der Waals surface area contributed by atoms with Crippen LogP contribution in [0, 0.1) is 5.92 Å². The first-order valence-electron chi connectivity index (χ1n) is 13.5. The average molecular weight is 589 g/mol. The third-order valence-electron chi connectivity index (χ3n) is 7.26. The summed E-state index contributed by atoms with van der Waals surface area (Å²) >= 11 is 0. The number of hydrogen-bond donors (Lipinski definition) is 3. The molecule has 15 heteroatoms. The molecular weight excluding hydrogens is 553 g/mol. The summed E-state index contributed by atoms with van der Waals surface area (Å²) in [6.45, 7) is 1.00. The van der Waals surface area contributed by atoms with E-state index < -0.39 is 41.8 Å². The van der Waals surface area contributed by atoms with Crippen LogP contribution in [0.3, 0.4) is 0 Å². The lowest BCUT2D eigenvalue weighted by molar-refractivity contribution is -0.787. The van der Waals surface area contributed by atoms with E-state index in [0.717, 1.165) is 51.1 Å². The minimum atomic E-state index is -4.87. The summed E-state index contributed by atoms with van der Waals surface area (Å²) in [7, 11) is 4.07. The average Bonchev–Trinajstić information content (AvgIpc) is 3.55. The molecule has 2 aromatic rings. The van der Waals surface area contributed by atoms with Crippen molar-refractivity contribution in [3.8, 4) is 0 Å². The lowest BCUT2D eigenvalue weighted by atomic mass is 9.86. The van der Waals surface area contributed by atoms with E-state index in [2.05, 4.69) is 20.8 Å². The first-order valence-corrected chi connectivity index (χ1v) is 13.5. The number of aromatic nitrogens is 2. The van der Waals surface area contributed by atoms with Crippen molar-refractivity contribution in [2.75, 3.05) is 56.2 Å². The zero-order valence-corrected chi connectivity index (χ0v) is 22.9. The number of halogens is 5. The Morgan fingerprint density at radius 2 is 1.63 bits per heavy atom. The van der Waals surface area contributed by atoms with Gasteiger partial charge in [0.15, 0.2) is 6.04 Å². The smallest absolute Gasteiger partial charge is 0.321 e. The van der Waals surface area contributed by atoms with Crippen molar-refractivity contribution in [1.82, 2.24) is 15.1 Å². The molecule has 1 aromatic heterocycles. The molecule has 1 aliphatic carbocycles. The van der Waals surface area contributed by atoms with Gasteiger partial charge in [0.1, 0.15) is 0 Å². The Bertz CT molecular complexity index is 1210. The van der Waals surface area contributed by atoms with E-state index in [4.69, 9.17) is 4.52 Å². The fourth-order valence-electron chi connectivity index (χ4n) is 5.32. The Morgan fingerprint density at radius 1 is 1.00 bits per heavy atom. The lowest BCUT2D eigenvalue weighted by Gasteiger charge is -2.26. The number of carbonyl (C=O) groups excluding carboxylic acids is 2. The van der Waals surface area contributed by atoms with Crippen LogP contribution in [0.4, 0.5) is 44.0 Å². The Hall–Kier alpha value is -3.33. The molecule has 2 aliphatic rings. The van der Waals surface area contributed by atoms with Crippen molar-refractivity contribution < 1.29 is 40.7 Å². The third-order valence-corrected chi connectivity index (χ3v) is 7.26. The molecule has 41 heavy (non-hydrogen) atoms. The summed E-state index contributed by atoms with van der Waals surface area (Å²) in [6.07, 6.45) is 1.90. The highest BCUT2D eigenvalue weighted by Gasteiger charge is 2.41. The van der Waals surface area contributed by atoms with Crippen LogP contribution in [0.25, 0.3) is 0 Å². The minimum Gasteiger partial charge on any atom is -0.321 e. The fraction of sp³-hybridized carbons (Fsp3) is 0.615.